The predicted octanol–water partition coefficient (Wildman–Crippen LogP) is 3.36. The summed E-state index contributed by atoms with van der Waals surface area (Å²) < 4.78 is 5.50. The van der Waals surface area contributed by atoms with Crippen LogP contribution in [0, 0.1) is 3.57 Å². The summed E-state index contributed by atoms with van der Waals surface area (Å²) in [6.07, 6.45) is 3.58. The van der Waals surface area contributed by atoms with Gasteiger partial charge in [0.05, 0.1) is 18.7 Å². The van der Waals surface area contributed by atoms with Gasteiger partial charge in [-0.1, -0.05) is 48.5 Å². The highest BCUT2D eigenvalue weighted by Gasteiger charge is 2.14. The number of methoxy groups -OCH3 is 1. The average Bonchev–Trinajstić information content (AvgIpc) is 2.60. The van der Waals surface area contributed by atoms with Crippen LogP contribution in [-0.2, 0) is 16.0 Å². The number of rotatable bonds is 6. The molecule has 24 heavy (non-hydrogen) atoms. The Kier molecular flexibility index (Phi) is 6.99. The highest BCUT2D eigenvalue weighted by atomic mass is 127. The van der Waals surface area contributed by atoms with Gasteiger partial charge in [0, 0.05) is 9.65 Å². The number of benzene rings is 2. The first-order valence-corrected chi connectivity index (χ1v) is 8.53. The SMILES string of the molecule is COC(=O)/C=C/[C@H](Cc1ccccc1)NC(=O)c1ccccc1I. The van der Waals surface area contributed by atoms with Gasteiger partial charge in [-0.3, -0.25) is 4.79 Å². The van der Waals surface area contributed by atoms with Crippen LogP contribution >= 0.6 is 22.6 Å². The van der Waals surface area contributed by atoms with E-state index in [2.05, 4.69) is 32.6 Å². The maximum atomic E-state index is 12.5. The molecule has 0 radical (unpaired) electrons. The van der Waals surface area contributed by atoms with E-state index in [1.165, 1.54) is 13.2 Å². The summed E-state index contributed by atoms with van der Waals surface area (Å²) >= 11 is 2.13. The Bertz CT molecular complexity index is 728. The molecule has 1 N–H and O–H groups in total. The van der Waals surface area contributed by atoms with Crippen LogP contribution in [0.15, 0.2) is 66.7 Å². The highest BCUT2D eigenvalue weighted by Crippen LogP contribution is 2.12. The van der Waals surface area contributed by atoms with Crippen molar-refractivity contribution in [2.75, 3.05) is 7.11 Å². The monoisotopic (exact) mass is 435 g/mol. The number of ether oxygens (including phenoxy) is 1. The van der Waals surface area contributed by atoms with E-state index in [4.69, 9.17) is 0 Å². The van der Waals surface area contributed by atoms with Crippen molar-refractivity contribution < 1.29 is 14.3 Å². The first kappa shape index (κ1) is 18.2. The molecule has 0 unspecified atom stereocenters. The maximum absolute atomic E-state index is 12.5. The molecule has 0 aliphatic rings. The Morgan fingerprint density at radius 2 is 1.79 bits per heavy atom. The van der Waals surface area contributed by atoms with Gasteiger partial charge in [-0.25, -0.2) is 4.79 Å². The van der Waals surface area contributed by atoms with Crippen LogP contribution in [0.5, 0.6) is 0 Å². The topological polar surface area (TPSA) is 55.4 Å². The van der Waals surface area contributed by atoms with Crippen molar-refractivity contribution in [3.8, 4) is 0 Å². The van der Waals surface area contributed by atoms with E-state index < -0.39 is 5.97 Å². The third-order valence-corrected chi connectivity index (χ3v) is 4.34. The first-order chi connectivity index (χ1) is 11.6. The summed E-state index contributed by atoms with van der Waals surface area (Å²) in [5.74, 6) is -0.618. The summed E-state index contributed by atoms with van der Waals surface area (Å²) in [6, 6.07) is 16.9. The number of carbonyl (C=O) groups excluding carboxylic acids is 2. The molecule has 0 heterocycles. The van der Waals surface area contributed by atoms with Crippen LogP contribution in [0.25, 0.3) is 0 Å². The first-order valence-electron chi connectivity index (χ1n) is 7.45. The smallest absolute Gasteiger partial charge is 0.330 e. The van der Waals surface area contributed by atoms with Gasteiger partial charge >= 0.3 is 5.97 Å². The largest absolute Gasteiger partial charge is 0.466 e. The molecule has 0 saturated heterocycles. The Morgan fingerprint density at radius 3 is 2.46 bits per heavy atom. The van der Waals surface area contributed by atoms with Crippen LogP contribution < -0.4 is 5.32 Å². The standard InChI is InChI=1S/C19H18INO3/c1-24-18(22)12-11-15(13-14-7-3-2-4-8-14)21-19(23)16-9-5-6-10-17(16)20/h2-12,15H,13H2,1H3,(H,21,23)/b12-11+/t15-/m1/s1. The molecular weight excluding hydrogens is 417 g/mol. The minimum Gasteiger partial charge on any atom is -0.466 e. The second kappa shape index (κ2) is 9.22. The number of hydrogen-bond acceptors (Lipinski definition) is 3. The van der Waals surface area contributed by atoms with Crippen molar-refractivity contribution >= 4 is 34.5 Å². The molecule has 4 nitrogen and oxygen atoms in total. The third-order valence-electron chi connectivity index (χ3n) is 3.40. The van der Waals surface area contributed by atoms with E-state index in [-0.39, 0.29) is 11.9 Å². The lowest BCUT2D eigenvalue weighted by Crippen LogP contribution is -2.35. The second-order valence-corrected chi connectivity index (χ2v) is 6.29. The number of halogens is 1. The molecule has 2 rings (SSSR count). The molecule has 1 amide bonds. The maximum Gasteiger partial charge on any atom is 0.330 e. The van der Waals surface area contributed by atoms with Crippen LogP contribution in [-0.4, -0.2) is 25.0 Å². The summed E-state index contributed by atoms with van der Waals surface area (Å²) in [4.78, 5) is 23.9. The molecular formula is C19H18INO3. The molecule has 0 fully saturated rings. The van der Waals surface area contributed by atoms with Crippen LogP contribution in [0.2, 0.25) is 0 Å². The van der Waals surface area contributed by atoms with Crippen molar-refractivity contribution in [1.29, 1.82) is 0 Å². The average molecular weight is 435 g/mol. The molecule has 124 valence electrons. The zero-order valence-electron chi connectivity index (χ0n) is 13.2. The van der Waals surface area contributed by atoms with E-state index in [1.54, 1.807) is 12.1 Å². The Morgan fingerprint density at radius 1 is 1.12 bits per heavy atom. The van der Waals surface area contributed by atoms with Gasteiger partial charge in [0.15, 0.2) is 0 Å². The molecule has 2 aromatic rings. The molecule has 2 aromatic carbocycles. The molecule has 0 spiro atoms. The van der Waals surface area contributed by atoms with E-state index in [9.17, 15) is 9.59 Å². The molecule has 1 atom stereocenters. The van der Waals surface area contributed by atoms with Gasteiger partial charge in [-0.2, -0.15) is 0 Å². The molecule has 0 aliphatic heterocycles. The summed E-state index contributed by atoms with van der Waals surface area (Å²) in [6.45, 7) is 0. The van der Waals surface area contributed by atoms with Crippen molar-refractivity contribution in [2.45, 2.75) is 12.5 Å². The number of amides is 1. The van der Waals surface area contributed by atoms with Gasteiger partial charge in [0.1, 0.15) is 0 Å². The van der Waals surface area contributed by atoms with Gasteiger partial charge in [0.25, 0.3) is 5.91 Å². The molecule has 0 aliphatic carbocycles. The van der Waals surface area contributed by atoms with Crippen molar-refractivity contribution in [1.82, 2.24) is 5.32 Å². The van der Waals surface area contributed by atoms with Gasteiger partial charge in [0.2, 0.25) is 0 Å². The van der Waals surface area contributed by atoms with Crippen LogP contribution in [0.3, 0.4) is 0 Å². The van der Waals surface area contributed by atoms with Gasteiger partial charge in [-0.15, -0.1) is 0 Å². The molecule has 0 aromatic heterocycles. The normalized spacial score (nSPS) is 11.9. The summed E-state index contributed by atoms with van der Waals surface area (Å²) in [5, 5.41) is 2.96. The van der Waals surface area contributed by atoms with E-state index >= 15 is 0 Å². The van der Waals surface area contributed by atoms with Crippen molar-refractivity contribution in [2.24, 2.45) is 0 Å². The fourth-order valence-corrected chi connectivity index (χ4v) is 2.82. The summed E-state index contributed by atoms with van der Waals surface area (Å²) in [5.41, 5.74) is 1.68. The van der Waals surface area contributed by atoms with Crippen LogP contribution in [0.1, 0.15) is 15.9 Å². The number of esters is 1. The summed E-state index contributed by atoms with van der Waals surface area (Å²) in [7, 11) is 1.32. The minimum atomic E-state index is -0.448. The zero-order valence-corrected chi connectivity index (χ0v) is 15.4. The quantitative estimate of drug-likeness (QED) is 0.430. The lowest BCUT2D eigenvalue weighted by atomic mass is 10.0. The zero-order chi connectivity index (χ0) is 17.4. The predicted molar refractivity (Wildman–Crippen MR) is 102 cm³/mol. The fourth-order valence-electron chi connectivity index (χ4n) is 2.19. The number of carbonyl (C=O) groups is 2. The Balaban J connectivity index is 2.16. The van der Waals surface area contributed by atoms with Gasteiger partial charge < -0.3 is 10.1 Å². The fraction of sp³-hybridized carbons (Fsp3) is 0.158. The van der Waals surface area contributed by atoms with Crippen molar-refractivity contribution in [3.05, 3.63) is 81.4 Å². The van der Waals surface area contributed by atoms with Crippen LogP contribution in [0.4, 0.5) is 0 Å². The highest BCUT2D eigenvalue weighted by molar-refractivity contribution is 14.1. The number of nitrogens with one attached hydrogen (secondary N) is 1. The second-order valence-electron chi connectivity index (χ2n) is 5.13. The minimum absolute atomic E-state index is 0.171. The van der Waals surface area contributed by atoms with E-state index in [0.717, 1.165) is 9.13 Å². The molecule has 0 saturated carbocycles. The Labute approximate surface area is 155 Å². The molecule has 5 heteroatoms. The lowest BCUT2D eigenvalue weighted by molar-refractivity contribution is -0.134. The van der Waals surface area contributed by atoms with E-state index in [0.29, 0.717) is 12.0 Å². The molecule has 0 bridgehead atoms. The third kappa shape index (κ3) is 5.49. The van der Waals surface area contributed by atoms with Crippen molar-refractivity contribution in [3.63, 3.8) is 0 Å². The van der Waals surface area contributed by atoms with E-state index in [1.807, 2.05) is 48.5 Å². The Hall–Kier alpha value is -2.15. The van der Waals surface area contributed by atoms with Gasteiger partial charge in [-0.05, 0) is 46.7 Å². The number of hydrogen-bond donors (Lipinski definition) is 1. The lowest BCUT2D eigenvalue weighted by Gasteiger charge is -2.16.